The minimum Gasteiger partial charge on any atom is -0.493 e. The summed E-state index contributed by atoms with van der Waals surface area (Å²) >= 11 is 4.64. The van der Waals surface area contributed by atoms with E-state index in [-0.39, 0.29) is 18.9 Å². The fraction of sp³-hybridized carbons (Fsp3) is 0.240. The number of rotatable bonds is 8. The fourth-order valence-electron chi connectivity index (χ4n) is 3.79. The molecule has 0 unspecified atom stereocenters. The molecular formula is C25H23BrFN3O5S. The number of hydrogen-bond acceptors (Lipinski definition) is 8. The fourth-order valence-corrected chi connectivity index (χ4v) is 4.92. The monoisotopic (exact) mass is 575 g/mol. The summed E-state index contributed by atoms with van der Waals surface area (Å²) in [5.74, 6) is -0.843. The van der Waals surface area contributed by atoms with Gasteiger partial charge < -0.3 is 24.4 Å². The summed E-state index contributed by atoms with van der Waals surface area (Å²) in [5.41, 5.74) is 1.81. The first kappa shape index (κ1) is 25.8. The van der Waals surface area contributed by atoms with E-state index in [1.54, 1.807) is 38.1 Å². The molecule has 0 radical (unpaired) electrons. The third-order valence-corrected chi connectivity index (χ3v) is 6.65. The van der Waals surface area contributed by atoms with Gasteiger partial charge in [0, 0.05) is 10.7 Å². The van der Waals surface area contributed by atoms with Crippen LogP contribution in [0.15, 0.2) is 68.7 Å². The lowest BCUT2D eigenvalue weighted by molar-refractivity contribution is -0.139. The maximum absolute atomic E-state index is 14.0. The number of thioether (sulfide) groups is 1. The summed E-state index contributed by atoms with van der Waals surface area (Å²) in [6.07, 6.45) is 1.86. The van der Waals surface area contributed by atoms with Crippen LogP contribution in [0.2, 0.25) is 0 Å². The Morgan fingerprint density at radius 1 is 1.22 bits per heavy atom. The van der Waals surface area contributed by atoms with Crippen molar-refractivity contribution in [1.82, 2.24) is 4.90 Å². The van der Waals surface area contributed by atoms with Crippen molar-refractivity contribution >= 4 is 50.4 Å². The Bertz CT molecular complexity index is 1300. The van der Waals surface area contributed by atoms with Crippen LogP contribution in [-0.2, 0) is 14.3 Å². The van der Waals surface area contributed by atoms with Gasteiger partial charge in [-0.05, 0) is 55.2 Å². The molecule has 1 N–H and O–H groups in total. The number of ether oxygens (including phenoxy) is 3. The van der Waals surface area contributed by atoms with Crippen molar-refractivity contribution in [3.8, 4) is 11.5 Å². The number of nitrogens with one attached hydrogen (secondary N) is 1. The van der Waals surface area contributed by atoms with Crippen LogP contribution in [-0.4, -0.2) is 42.3 Å². The van der Waals surface area contributed by atoms with Crippen LogP contribution < -0.4 is 14.8 Å². The van der Waals surface area contributed by atoms with Gasteiger partial charge in [0.2, 0.25) is 0 Å². The Hall–Kier alpha value is -3.31. The van der Waals surface area contributed by atoms with E-state index in [2.05, 4.69) is 26.2 Å². The molecule has 2 aromatic carbocycles. The van der Waals surface area contributed by atoms with E-state index in [1.165, 1.54) is 31.0 Å². The molecule has 0 bridgehead atoms. The molecule has 0 saturated heterocycles. The minimum atomic E-state index is -0.565. The van der Waals surface area contributed by atoms with Crippen molar-refractivity contribution in [2.45, 2.75) is 19.9 Å². The lowest BCUT2D eigenvalue weighted by Crippen LogP contribution is -2.34. The lowest BCUT2D eigenvalue weighted by atomic mass is 9.94. The maximum atomic E-state index is 14.0. The Morgan fingerprint density at radius 2 is 2.03 bits per heavy atom. The number of carbonyl (C=O) groups is 2. The molecule has 0 aliphatic carbocycles. The van der Waals surface area contributed by atoms with Gasteiger partial charge in [-0.1, -0.05) is 33.8 Å². The molecule has 36 heavy (non-hydrogen) atoms. The van der Waals surface area contributed by atoms with Crippen molar-refractivity contribution in [2.75, 3.05) is 25.6 Å². The molecule has 0 spiro atoms. The first-order chi connectivity index (χ1) is 17.3. The largest absolute Gasteiger partial charge is 0.493 e. The minimum absolute atomic E-state index is 0.0501. The van der Waals surface area contributed by atoms with Crippen LogP contribution >= 0.6 is 27.7 Å². The quantitative estimate of drug-likeness (QED) is 0.422. The molecule has 4 rings (SSSR count). The summed E-state index contributed by atoms with van der Waals surface area (Å²) in [4.78, 5) is 31.6. The SMILES string of the molecule is CCOC(=O)C1=C(C)N=C2SC=CN2[C@H]1c1ccc(OCC(=O)Nc2ccc(Br)cc2F)c(OC)c1. The number of esters is 1. The Labute approximate surface area is 220 Å². The number of benzene rings is 2. The molecule has 0 fully saturated rings. The number of amides is 1. The normalized spacial score (nSPS) is 16.4. The zero-order valence-electron chi connectivity index (χ0n) is 19.7. The highest BCUT2D eigenvalue weighted by atomic mass is 79.9. The smallest absolute Gasteiger partial charge is 0.338 e. The molecule has 11 heteroatoms. The van der Waals surface area contributed by atoms with Crippen LogP contribution in [0.5, 0.6) is 11.5 Å². The lowest BCUT2D eigenvalue weighted by Gasteiger charge is -2.33. The highest BCUT2D eigenvalue weighted by Crippen LogP contribution is 2.43. The van der Waals surface area contributed by atoms with E-state index < -0.39 is 23.7 Å². The standard InChI is InChI=1S/C25H23BrFN3O5S/c1-4-34-24(32)22-14(2)28-25-30(9-10-36-25)23(22)15-5-8-19(20(11-15)33-3)35-13-21(31)29-18-7-6-16(26)12-17(18)27/h5-12,23H,4,13H2,1-3H3,(H,29,31)/t23-/m0/s1. The number of carbonyl (C=O) groups excluding carboxylic acids is 2. The summed E-state index contributed by atoms with van der Waals surface area (Å²) in [5, 5.41) is 5.13. The van der Waals surface area contributed by atoms with Crippen LogP contribution in [0.4, 0.5) is 10.1 Å². The van der Waals surface area contributed by atoms with Gasteiger partial charge in [-0.15, -0.1) is 0 Å². The van der Waals surface area contributed by atoms with Gasteiger partial charge in [0.05, 0.1) is 36.7 Å². The second kappa shape index (κ2) is 11.2. The van der Waals surface area contributed by atoms with Crippen molar-refractivity contribution in [1.29, 1.82) is 0 Å². The van der Waals surface area contributed by atoms with Gasteiger partial charge in [-0.3, -0.25) is 4.79 Å². The van der Waals surface area contributed by atoms with E-state index in [4.69, 9.17) is 14.2 Å². The van der Waals surface area contributed by atoms with Gasteiger partial charge in [-0.2, -0.15) is 0 Å². The average molecular weight is 576 g/mol. The van der Waals surface area contributed by atoms with Crippen molar-refractivity contribution in [3.63, 3.8) is 0 Å². The number of amidine groups is 1. The van der Waals surface area contributed by atoms with E-state index in [9.17, 15) is 14.0 Å². The van der Waals surface area contributed by atoms with E-state index in [0.717, 1.165) is 10.7 Å². The number of halogens is 2. The Kier molecular flexibility index (Phi) is 8.00. The summed E-state index contributed by atoms with van der Waals surface area (Å²) in [7, 11) is 1.48. The van der Waals surface area contributed by atoms with E-state index >= 15 is 0 Å². The van der Waals surface area contributed by atoms with E-state index in [1.807, 2.05) is 16.5 Å². The van der Waals surface area contributed by atoms with Crippen molar-refractivity contribution in [2.24, 2.45) is 4.99 Å². The molecule has 2 aliphatic rings. The van der Waals surface area contributed by atoms with Crippen LogP contribution in [0.3, 0.4) is 0 Å². The molecule has 2 aromatic rings. The van der Waals surface area contributed by atoms with E-state index in [0.29, 0.717) is 27.2 Å². The summed E-state index contributed by atoms with van der Waals surface area (Å²) in [6, 6.07) is 9.06. The van der Waals surface area contributed by atoms with Crippen LogP contribution in [0, 0.1) is 5.82 Å². The molecule has 1 amide bonds. The predicted octanol–water partition coefficient (Wildman–Crippen LogP) is 5.38. The molecular weight excluding hydrogens is 553 g/mol. The topological polar surface area (TPSA) is 89.5 Å². The van der Waals surface area contributed by atoms with Gasteiger partial charge in [0.25, 0.3) is 5.91 Å². The molecule has 0 saturated carbocycles. The summed E-state index contributed by atoms with van der Waals surface area (Å²) < 4.78 is 31.1. The first-order valence-corrected chi connectivity index (χ1v) is 12.6. The molecule has 1 atom stereocenters. The van der Waals surface area contributed by atoms with Crippen molar-refractivity contribution in [3.05, 3.63) is 75.1 Å². The molecule has 2 aliphatic heterocycles. The number of methoxy groups -OCH3 is 1. The van der Waals surface area contributed by atoms with Crippen molar-refractivity contribution < 1.29 is 28.2 Å². The Balaban J connectivity index is 1.55. The number of aliphatic imine (C=N–C) groups is 1. The third-order valence-electron chi connectivity index (χ3n) is 5.38. The van der Waals surface area contributed by atoms with Gasteiger partial charge in [-0.25, -0.2) is 14.2 Å². The number of fused-ring (bicyclic) bond motifs is 1. The number of nitrogens with zero attached hydrogens (tertiary/aromatic N) is 2. The molecule has 2 heterocycles. The molecule has 188 valence electrons. The Morgan fingerprint density at radius 3 is 2.75 bits per heavy atom. The van der Waals surface area contributed by atoms with Gasteiger partial charge in [0.1, 0.15) is 5.82 Å². The third kappa shape index (κ3) is 5.41. The zero-order valence-corrected chi connectivity index (χ0v) is 22.1. The molecule has 8 nitrogen and oxygen atoms in total. The second-order valence-corrected chi connectivity index (χ2v) is 9.49. The summed E-state index contributed by atoms with van der Waals surface area (Å²) in [6.45, 7) is 3.42. The number of allylic oxidation sites excluding steroid dienone is 1. The first-order valence-electron chi connectivity index (χ1n) is 11.0. The second-order valence-electron chi connectivity index (χ2n) is 7.70. The van der Waals surface area contributed by atoms with Gasteiger partial charge in [0.15, 0.2) is 23.3 Å². The highest BCUT2D eigenvalue weighted by Gasteiger charge is 2.37. The molecule has 0 aromatic heterocycles. The zero-order chi connectivity index (χ0) is 25.8. The van der Waals surface area contributed by atoms with Crippen LogP contribution in [0.25, 0.3) is 0 Å². The maximum Gasteiger partial charge on any atom is 0.338 e. The predicted molar refractivity (Wildman–Crippen MR) is 139 cm³/mol. The average Bonchev–Trinajstić information content (AvgIpc) is 3.31. The highest BCUT2D eigenvalue weighted by molar-refractivity contribution is 9.10. The van der Waals surface area contributed by atoms with Gasteiger partial charge >= 0.3 is 5.97 Å². The van der Waals surface area contributed by atoms with Crippen LogP contribution in [0.1, 0.15) is 25.5 Å². The number of hydrogen-bond donors (Lipinski definition) is 1. The number of anilines is 1.